The molecule has 2 aliphatic heterocycles. The van der Waals surface area contributed by atoms with E-state index in [1.54, 1.807) is 20.8 Å². The largest absolute Gasteiger partial charge is 0.488 e. The van der Waals surface area contributed by atoms with Gasteiger partial charge in [0.15, 0.2) is 9.84 Å². The number of carbonyl (C=O) groups is 1. The second kappa shape index (κ2) is 9.04. The van der Waals surface area contributed by atoms with Crippen LogP contribution >= 0.6 is 0 Å². The van der Waals surface area contributed by atoms with E-state index in [0.29, 0.717) is 26.1 Å². The first-order chi connectivity index (χ1) is 13.6. The van der Waals surface area contributed by atoms with Gasteiger partial charge in [-0.2, -0.15) is 0 Å². The normalized spacial score (nSPS) is 21.3. The zero-order valence-corrected chi connectivity index (χ0v) is 18.5. The highest BCUT2D eigenvalue weighted by Gasteiger charge is 2.33. The van der Waals surface area contributed by atoms with Crippen LogP contribution in [-0.4, -0.2) is 62.1 Å². The average Bonchev–Trinajstić information content (AvgIpc) is 3.16. The molecule has 2 fully saturated rings. The second-order valence-electron chi connectivity index (χ2n) is 9.14. The minimum absolute atomic E-state index is 0.0972. The Bertz CT molecular complexity index is 783. The van der Waals surface area contributed by atoms with Crippen molar-refractivity contribution in [2.75, 3.05) is 32.1 Å². The van der Waals surface area contributed by atoms with E-state index in [0.717, 1.165) is 37.2 Å². The van der Waals surface area contributed by atoms with Gasteiger partial charge in [0.2, 0.25) is 5.91 Å². The number of piperidine rings is 1. The molecule has 2 aliphatic rings. The second-order valence-corrected chi connectivity index (χ2v) is 11.9. The van der Waals surface area contributed by atoms with Gasteiger partial charge in [0.05, 0.1) is 30.1 Å². The molecular formula is C22H33NO5S. The quantitative estimate of drug-likeness (QED) is 0.703. The van der Waals surface area contributed by atoms with Crippen molar-refractivity contribution in [1.82, 2.24) is 4.90 Å². The van der Waals surface area contributed by atoms with E-state index in [1.165, 1.54) is 0 Å². The van der Waals surface area contributed by atoms with E-state index < -0.39 is 14.6 Å². The van der Waals surface area contributed by atoms with E-state index in [-0.39, 0.29) is 23.7 Å². The first-order valence-corrected chi connectivity index (χ1v) is 12.1. The molecule has 29 heavy (non-hydrogen) atoms. The molecule has 0 aliphatic carbocycles. The molecule has 0 N–H and O–H groups in total. The summed E-state index contributed by atoms with van der Waals surface area (Å²) in [6.45, 7) is 7.89. The summed E-state index contributed by atoms with van der Waals surface area (Å²) in [5.74, 6) is 1.25. The van der Waals surface area contributed by atoms with Gasteiger partial charge in [0, 0.05) is 19.5 Å². The fourth-order valence-corrected chi connectivity index (χ4v) is 5.13. The molecule has 6 nitrogen and oxygen atoms in total. The molecule has 1 amide bonds. The van der Waals surface area contributed by atoms with Gasteiger partial charge in [-0.1, -0.05) is 12.1 Å². The molecule has 3 rings (SSSR count). The number of likely N-dealkylation sites (tertiary alicyclic amines) is 1. The summed E-state index contributed by atoms with van der Waals surface area (Å²) >= 11 is 0. The number of rotatable bonds is 6. The maximum absolute atomic E-state index is 12.6. The molecule has 7 heteroatoms. The molecule has 0 radical (unpaired) electrons. The van der Waals surface area contributed by atoms with Crippen molar-refractivity contribution in [1.29, 1.82) is 0 Å². The van der Waals surface area contributed by atoms with Crippen LogP contribution in [-0.2, 0) is 25.8 Å². The summed E-state index contributed by atoms with van der Waals surface area (Å²) in [4.78, 5) is 14.5. The van der Waals surface area contributed by atoms with Gasteiger partial charge in [0.1, 0.15) is 11.9 Å². The zero-order valence-electron chi connectivity index (χ0n) is 17.7. The lowest BCUT2D eigenvalue weighted by molar-refractivity contribution is -0.131. The first-order valence-electron chi connectivity index (χ1n) is 10.5. The highest BCUT2D eigenvalue weighted by molar-refractivity contribution is 7.92. The molecule has 0 saturated carbocycles. The lowest BCUT2D eigenvalue weighted by Gasteiger charge is -2.33. The molecule has 162 valence electrons. The Labute approximate surface area is 174 Å². The van der Waals surface area contributed by atoms with Gasteiger partial charge >= 0.3 is 0 Å². The number of hydrogen-bond acceptors (Lipinski definition) is 5. The molecular weight excluding hydrogens is 390 g/mol. The van der Waals surface area contributed by atoms with Crippen LogP contribution in [0.25, 0.3) is 0 Å². The number of ether oxygens (including phenoxy) is 2. The molecule has 2 heterocycles. The molecule has 0 aromatic heterocycles. The summed E-state index contributed by atoms with van der Waals surface area (Å²) < 4.78 is 35.3. The Morgan fingerprint density at radius 2 is 1.79 bits per heavy atom. The van der Waals surface area contributed by atoms with E-state index in [2.05, 4.69) is 0 Å². The minimum atomic E-state index is -3.12. The van der Waals surface area contributed by atoms with Gasteiger partial charge in [0.25, 0.3) is 0 Å². The maximum Gasteiger partial charge on any atom is 0.226 e. The van der Waals surface area contributed by atoms with Gasteiger partial charge in [-0.05, 0) is 57.2 Å². The number of hydrogen-bond donors (Lipinski definition) is 0. The summed E-state index contributed by atoms with van der Waals surface area (Å²) in [7, 11) is -3.12. The molecule has 1 atom stereocenters. The lowest BCUT2D eigenvalue weighted by Crippen LogP contribution is -2.42. The number of benzene rings is 1. The summed E-state index contributed by atoms with van der Waals surface area (Å²) in [5, 5.41) is 0. The standard InChI is InChI=1S/C22H33NO5S/c1-22(2,3)29(25,26)16-18-8-11-23(12-9-18)21(24)14-17-4-6-19(7-5-17)28-20-10-13-27-15-20/h4-7,18,20H,8-16H2,1-3H3. The monoisotopic (exact) mass is 423 g/mol. The highest BCUT2D eigenvalue weighted by atomic mass is 32.2. The summed E-state index contributed by atoms with van der Waals surface area (Å²) in [6, 6.07) is 7.69. The van der Waals surface area contributed by atoms with Crippen molar-refractivity contribution in [3.8, 4) is 5.75 Å². The van der Waals surface area contributed by atoms with Gasteiger partial charge in [-0.25, -0.2) is 8.42 Å². The van der Waals surface area contributed by atoms with Crippen molar-refractivity contribution in [2.45, 2.75) is 57.3 Å². The third kappa shape index (κ3) is 5.95. The fraction of sp³-hybridized carbons (Fsp3) is 0.682. The topological polar surface area (TPSA) is 72.9 Å². The predicted octanol–water partition coefficient (Wildman–Crippen LogP) is 2.85. The third-order valence-corrected chi connectivity index (χ3v) is 8.60. The van der Waals surface area contributed by atoms with Crippen LogP contribution in [0.3, 0.4) is 0 Å². The molecule has 1 aromatic carbocycles. The lowest BCUT2D eigenvalue weighted by atomic mass is 9.98. The van der Waals surface area contributed by atoms with E-state index in [9.17, 15) is 13.2 Å². The van der Waals surface area contributed by atoms with Crippen LogP contribution in [0, 0.1) is 5.92 Å². The van der Waals surface area contributed by atoms with Gasteiger partial charge < -0.3 is 14.4 Å². The van der Waals surface area contributed by atoms with Crippen molar-refractivity contribution >= 4 is 15.7 Å². The molecule has 1 aromatic rings. The van der Waals surface area contributed by atoms with Crippen LogP contribution in [0.2, 0.25) is 0 Å². The van der Waals surface area contributed by atoms with E-state index in [1.807, 2.05) is 29.2 Å². The van der Waals surface area contributed by atoms with Crippen LogP contribution in [0.1, 0.15) is 45.6 Å². The van der Waals surface area contributed by atoms with Crippen molar-refractivity contribution < 1.29 is 22.7 Å². The molecule has 2 saturated heterocycles. The SMILES string of the molecule is CC(C)(C)S(=O)(=O)CC1CCN(C(=O)Cc2ccc(OC3CCOC3)cc2)CC1. The number of amides is 1. The number of carbonyl (C=O) groups excluding carboxylic acids is 1. The molecule has 0 spiro atoms. The fourth-order valence-electron chi connectivity index (χ4n) is 3.68. The van der Waals surface area contributed by atoms with Crippen molar-refractivity contribution in [3.05, 3.63) is 29.8 Å². The Balaban J connectivity index is 1.46. The Morgan fingerprint density at radius 3 is 2.34 bits per heavy atom. The predicted molar refractivity (Wildman–Crippen MR) is 113 cm³/mol. The van der Waals surface area contributed by atoms with Gasteiger partial charge in [-0.3, -0.25) is 4.79 Å². The first kappa shape index (κ1) is 22.1. The Morgan fingerprint density at radius 1 is 1.14 bits per heavy atom. The number of nitrogens with zero attached hydrogens (tertiary/aromatic N) is 1. The minimum Gasteiger partial charge on any atom is -0.488 e. The van der Waals surface area contributed by atoms with Crippen LogP contribution < -0.4 is 4.74 Å². The highest BCUT2D eigenvalue weighted by Crippen LogP contribution is 2.25. The summed E-state index contributed by atoms with van der Waals surface area (Å²) in [6.07, 6.45) is 2.88. The third-order valence-electron chi connectivity index (χ3n) is 5.82. The van der Waals surface area contributed by atoms with Crippen LogP contribution in [0.15, 0.2) is 24.3 Å². The van der Waals surface area contributed by atoms with Crippen molar-refractivity contribution in [2.24, 2.45) is 5.92 Å². The Kier molecular flexibility index (Phi) is 6.89. The maximum atomic E-state index is 12.6. The van der Waals surface area contributed by atoms with Crippen LogP contribution in [0.5, 0.6) is 5.75 Å². The zero-order chi connectivity index (χ0) is 21.1. The van der Waals surface area contributed by atoms with E-state index >= 15 is 0 Å². The van der Waals surface area contributed by atoms with E-state index in [4.69, 9.17) is 9.47 Å². The smallest absolute Gasteiger partial charge is 0.226 e. The number of sulfone groups is 1. The molecule has 0 bridgehead atoms. The Hall–Kier alpha value is -1.60. The van der Waals surface area contributed by atoms with Crippen molar-refractivity contribution in [3.63, 3.8) is 0 Å². The summed E-state index contributed by atoms with van der Waals surface area (Å²) in [5.41, 5.74) is 0.961. The molecule has 1 unspecified atom stereocenters. The van der Waals surface area contributed by atoms with Gasteiger partial charge in [-0.15, -0.1) is 0 Å². The van der Waals surface area contributed by atoms with Crippen LogP contribution in [0.4, 0.5) is 0 Å². The average molecular weight is 424 g/mol.